The average molecular weight is 407 g/mol. The van der Waals surface area contributed by atoms with Crippen LogP contribution in [0.3, 0.4) is 0 Å². The van der Waals surface area contributed by atoms with E-state index in [9.17, 15) is 25.2 Å². The van der Waals surface area contributed by atoms with E-state index in [0.717, 1.165) is 12.0 Å². The Balaban J connectivity index is 1.53. The van der Waals surface area contributed by atoms with Crippen LogP contribution in [0.1, 0.15) is 65.2 Å². The predicted octanol–water partition coefficient (Wildman–Crippen LogP) is 1.69. The van der Waals surface area contributed by atoms with Gasteiger partial charge >= 0.3 is 5.97 Å². The van der Waals surface area contributed by atoms with Gasteiger partial charge in [-0.25, -0.2) is 4.79 Å². The molecule has 0 aromatic heterocycles. The van der Waals surface area contributed by atoms with Crippen molar-refractivity contribution < 1.29 is 30.0 Å². The first-order valence-corrected chi connectivity index (χ1v) is 11.2. The highest BCUT2D eigenvalue weighted by molar-refractivity contribution is 5.85. The molecule has 6 nitrogen and oxygen atoms in total. The van der Waals surface area contributed by atoms with Crippen molar-refractivity contribution in [3.63, 3.8) is 0 Å². The number of hydrogen-bond acceptors (Lipinski definition) is 6. The van der Waals surface area contributed by atoms with Crippen molar-refractivity contribution in [2.45, 2.75) is 88.6 Å². The second kappa shape index (κ2) is 6.06. The second-order valence-electron chi connectivity index (χ2n) is 11.0. The van der Waals surface area contributed by atoms with E-state index in [1.807, 2.05) is 0 Å². The van der Waals surface area contributed by atoms with E-state index in [1.54, 1.807) is 6.08 Å². The van der Waals surface area contributed by atoms with E-state index < -0.39 is 34.2 Å². The van der Waals surface area contributed by atoms with Gasteiger partial charge in [0.1, 0.15) is 6.61 Å². The van der Waals surface area contributed by atoms with Crippen LogP contribution < -0.4 is 0 Å². The summed E-state index contributed by atoms with van der Waals surface area (Å²) < 4.78 is 5.15. The third-order valence-corrected chi connectivity index (χ3v) is 10.0. The van der Waals surface area contributed by atoms with E-state index in [2.05, 4.69) is 13.8 Å². The molecule has 9 atom stereocenters. The molecule has 1 heterocycles. The summed E-state index contributed by atoms with van der Waals surface area (Å²) >= 11 is 0. The van der Waals surface area contributed by atoms with Crippen molar-refractivity contribution in [1.29, 1.82) is 0 Å². The Labute approximate surface area is 172 Å². The van der Waals surface area contributed by atoms with Gasteiger partial charge in [0, 0.05) is 23.3 Å². The number of hydrogen-bond donors (Lipinski definition) is 4. The maximum Gasteiger partial charge on any atom is 0.331 e. The molecule has 4 saturated carbocycles. The van der Waals surface area contributed by atoms with Crippen LogP contribution in [0, 0.1) is 28.6 Å². The van der Waals surface area contributed by atoms with Crippen molar-refractivity contribution in [3.05, 3.63) is 11.6 Å². The maximum atomic E-state index is 12.1. The lowest BCUT2D eigenvalue weighted by Gasteiger charge is -2.67. The minimum Gasteiger partial charge on any atom is -0.458 e. The van der Waals surface area contributed by atoms with Gasteiger partial charge in [-0.05, 0) is 68.3 Å². The highest BCUT2D eigenvalue weighted by atomic mass is 16.5. The SMILES string of the molecule is C[C@]12CC[C@H](O)C[C@@]1(O)CC[C@@H]1[C@@H]2[C@H](O)C[C@]2(C)[C@@H](C3=CC(=O)OC3)CC[C@]12O. The van der Waals surface area contributed by atoms with Crippen LogP contribution >= 0.6 is 0 Å². The number of ether oxygens (including phenoxy) is 1. The molecule has 4 aliphatic carbocycles. The molecule has 0 spiro atoms. The number of esters is 1. The summed E-state index contributed by atoms with van der Waals surface area (Å²) in [6, 6.07) is 0. The Bertz CT molecular complexity index is 764. The molecule has 0 bridgehead atoms. The fourth-order valence-electron chi connectivity index (χ4n) is 8.48. The molecular weight excluding hydrogens is 372 g/mol. The van der Waals surface area contributed by atoms with Crippen LogP contribution in [0.2, 0.25) is 0 Å². The molecule has 0 unspecified atom stereocenters. The number of aliphatic hydroxyl groups excluding tert-OH is 2. The molecule has 6 heteroatoms. The van der Waals surface area contributed by atoms with Gasteiger partial charge in [0.2, 0.25) is 0 Å². The van der Waals surface area contributed by atoms with Gasteiger partial charge in [-0.3, -0.25) is 0 Å². The molecule has 0 aromatic rings. The number of aliphatic hydroxyl groups is 4. The molecular formula is C23H34O6. The molecule has 0 amide bonds. The lowest BCUT2D eigenvalue weighted by atomic mass is 9.41. The minimum absolute atomic E-state index is 0.0244. The van der Waals surface area contributed by atoms with Crippen LogP contribution in [-0.2, 0) is 9.53 Å². The first-order valence-electron chi connectivity index (χ1n) is 11.2. The van der Waals surface area contributed by atoms with Gasteiger partial charge in [0.25, 0.3) is 0 Å². The summed E-state index contributed by atoms with van der Waals surface area (Å²) in [4.78, 5) is 11.6. The third kappa shape index (κ3) is 2.40. The Morgan fingerprint density at radius 2 is 1.76 bits per heavy atom. The lowest BCUT2D eigenvalue weighted by molar-refractivity contribution is -0.280. The summed E-state index contributed by atoms with van der Waals surface area (Å²) in [5, 5.41) is 45.2. The molecule has 4 N–H and O–H groups in total. The number of carbonyl (C=O) groups excluding carboxylic acids is 1. The first kappa shape index (κ1) is 20.0. The van der Waals surface area contributed by atoms with E-state index in [1.165, 1.54) is 0 Å². The Hall–Kier alpha value is -0.950. The van der Waals surface area contributed by atoms with Gasteiger partial charge in [-0.15, -0.1) is 0 Å². The van der Waals surface area contributed by atoms with E-state index >= 15 is 0 Å². The second-order valence-corrected chi connectivity index (χ2v) is 11.0. The summed E-state index contributed by atoms with van der Waals surface area (Å²) in [5.74, 6) is -0.581. The zero-order valence-electron chi connectivity index (χ0n) is 17.4. The molecule has 29 heavy (non-hydrogen) atoms. The van der Waals surface area contributed by atoms with Crippen LogP contribution in [0.5, 0.6) is 0 Å². The Kier molecular flexibility index (Phi) is 4.17. The molecule has 5 rings (SSSR count). The van der Waals surface area contributed by atoms with Gasteiger partial charge in [0.05, 0.1) is 23.4 Å². The fourth-order valence-corrected chi connectivity index (χ4v) is 8.48. The number of rotatable bonds is 1. The molecule has 4 fully saturated rings. The number of carbonyl (C=O) groups is 1. The van der Waals surface area contributed by atoms with E-state index in [-0.39, 0.29) is 30.3 Å². The van der Waals surface area contributed by atoms with Gasteiger partial charge in [-0.1, -0.05) is 13.8 Å². The van der Waals surface area contributed by atoms with E-state index in [0.29, 0.717) is 44.9 Å². The largest absolute Gasteiger partial charge is 0.458 e. The molecule has 5 aliphatic rings. The Morgan fingerprint density at radius 1 is 1.00 bits per heavy atom. The molecule has 162 valence electrons. The fraction of sp³-hybridized carbons (Fsp3) is 0.870. The van der Waals surface area contributed by atoms with Crippen LogP contribution in [0.25, 0.3) is 0 Å². The highest BCUT2D eigenvalue weighted by Crippen LogP contribution is 2.70. The monoisotopic (exact) mass is 406 g/mol. The normalized spacial score (nSPS) is 56.8. The molecule has 0 aromatic carbocycles. The topological polar surface area (TPSA) is 107 Å². The summed E-state index contributed by atoms with van der Waals surface area (Å²) in [6.07, 6.45) is 5.15. The average Bonchev–Trinajstić information content (AvgIpc) is 3.17. The third-order valence-electron chi connectivity index (χ3n) is 10.0. The van der Waals surface area contributed by atoms with Gasteiger partial charge in [-0.2, -0.15) is 0 Å². The van der Waals surface area contributed by atoms with Crippen LogP contribution in [0.15, 0.2) is 11.6 Å². The van der Waals surface area contributed by atoms with E-state index in [4.69, 9.17) is 4.74 Å². The summed E-state index contributed by atoms with van der Waals surface area (Å²) in [6.45, 7) is 4.42. The van der Waals surface area contributed by atoms with Crippen molar-refractivity contribution in [2.75, 3.05) is 6.61 Å². The Morgan fingerprint density at radius 3 is 2.45 bits per heavy atom. The summed E-state index contributed by atoms with van der Waals surface area (Å²) in [5.41, 5.74) is -2.03. The minimum atomic E-state index is -0.997. The maximum absolute atomic E-state index is 12.1. The molecule has 0 radical (unpaired) electrons. The van der Waals surface area contributed by atoms with Crippen molar-refractivity contribution in [1.82, 2.24) is 0 Å². The molecule has 0 saturated heterocycles. The van der Waals surface area contributed by atoms with Crippen molar-refractivity contribution in [2.24, 2.45) is 28.6 Å². The standard InChI is InChI=1S/C23H34O6/c1-20-6-3-14(24)10-22(20,27)7-4-16-19(20)17(25)11-21(2)15(5-8-23(16,21)28)13-9-18(26)29-12-13/h9,14-17,19,24-25,27-28H,3-8,10-12H2,1-2H3/t14-,15+,16+,17+,19+,20+,21+,22-,23-/m0/s1. The predicted molar refractivity (Wildman–Crippen MR) is 105 cm³/mol. The lowest BCUT2D eigenvalue weighted by Crippen LogP contribution is -2.70. The zero-order chi connectivity index (χ0) is 20.8. The first-order chi connectivity index (χ1) is 13.5. The van der Waals surface area contributed by atoms with Gasteiger partial charge in [0.15, 0.2) is 0 Å². The van der Waals surface area contributed by atoms with Crippen LogP contribution in [0.4, 0.5) is 0 Å². The summed E-state index contributed by atoms with van der Waals surface area (Å²) in [7, 11) is 0. The molecule has 1 aliphatic heterocycles. The van der Waals surface area contributed by atoms with Crippen molar-refractivity contribution >= 4 is 5.97 Å². The number of fused-ring (bicyclic) bond motifs is 5. The van der Waals surface area contributed by atoms with Crippen molar-refractivity contribution in [3.8, 4) is 0 Å². The smallest absolute Gasteiger partial charge is 0.331 e. The zero-order valence-corrected chi connectivity index (χ0v) is 17.4. The number of cyclic esters (lactones) is 1. The van der Waals surface area contributed by atoms with Crippen LogP contribution in [-0.4, -0.2) is 56.4 Å². The highest BCUT2D eigenvalue weighted by Gasteiger charge is 2.72. The quantitative estimate of drug-likeness (QED) is 0.494. The van der Waals surface area contributed by atoms with Gasteiger partial charge < -0.3 is 25.2 Å².